The number of phenolic OH excluding ortho intramolecular Hbond substituents is 1. The molecule has 0 bridgehead atoms. The molecule has 0 fully saturated rings. The molecule has 0 saturated carbocycles. The van der Waals surface area contributed by atoms with Gasteiger partial charge in [-0.3, -0.25) is 9.59 Å². The van der Waals surface area contributed by atoms with Crippen molar-refractivity contribution in [1.29, 1.82) is 5.26 Å². The van der Waals surface area contributed by atoms with E-state index in [1.54, 1.807) is 13.1 Å². The third kappa shape index (κ3) is 4.23. The number of phenols is 1. The van der Waals surface area contributed by atoms with Crippen molar-refractivity contribution in [3.05, 3.63) is 30.0 Å². The summed E-state index contributed by atoms with van der Waals surface area (Å²) in [5.74, 6) is -0.842. The van der Waals surface area contributed by atoms with E-state index in [1.807, 2.05) is 6.07 Å². The lowest BCUT2D eigenvalue weighted by molar-refractivity contribution is -0.150. The van der Waals surface area contributed by atoms with Crippen LogP contribution in [0.3, 0.4) is 0 Å². The number of ether oxygens (including phenoxy) is 1. The largest absolute Gasteiger partial charge is 0.508 e. The van der Waals surface area contributed by atoms with Crippen molar-refractivity contribution in [3.8, 4) is 11.8 Å². The Hall–Kier alpha value is -3.01. The molecule has 1 amide bonds. The molecule has 1 aromatic carbocycles. The van der Waals surface area contributed by atoms with E-state index in [0.717, 1.165) is 0 Å². The Balaban J connectivity index is 1.89. The second kappa shape index (κ2) is 7.31. The van der Waals surface area contributed by atoms with Crippen molar-refractivity contribution < 1.29 is 23.8 Å². The standard InChI is InChI=1S/C16H16N2O5/c1-18(6-2-5-17)15(20)10-23-16(21)7-11-9-22-14-8-12(19)3-4-13(11)14/h3-4,8-9,19H,2,6-7,10H2,1H3. The number of furan rings is 1. The molecule has 1 aromatic heterocycles. The number of aromatic hydroxyl groups is 1. The summed E-state index contributed by atoms with van der Waals surface area (Å²) in [6.07, 6.45) is 1.61. The zero-order valence-corrected chi connectivity index (χ0v) is 12.6. The Labute approximate surface area is 132 Å². The lowest BCUT2D eigenvalue weighted by Crippen LogP contribution is -2.32. The van der Waals surface area contributed by atoms with Crippen molar-refractivity contribution in [1.82, 2.24) is 4.90 Å². The van der Waals surface area contributed by atoms with Crippen LogP contribution in [0.2, 0.25) is 0 Å². The van der Waals surface area contributed by atoms with Crippen LogP contribution in [0, 0.1) is 11.3 Å². The molecule has 7 nitrogen and oxygen atoms in total. The van der Waals surface area contributed by atoms with Crippen LogP contribution >= 0.6 is 0 Å². The zero-order chi connectivity index (χ0) is 16.8. The van der Waals surface area contributed by atoms with E-state index in [-0.39, 0.29) is 31.1 Å². The smallest absolute Gasteiger partial charge is 0.310 e. The number of fused-ring (bicyclic) bond motifs is 1. The van der Waals surface area contributed by atoms with Gasteiger partial charge in [0, 0.05) is 30.6 Å². The Morgan fingerprint density at radius 1 is 1.43 bits per heavy atom. The molecule has 1 heterocycles. The van der Waals surface area contributed by atoms with Crippen LogP contribution in [-0.4, -0.2) is 42.1 Å². The third-order valence-electron chi connectivity index (χ3n) is 3.32. The molecular formula is C16H16N2O5. The molecule has 7 heteroatoms. The summed E-state index contributed by atoms with van der Waals surface area (Å²) >= 11 is 0. The van der Waals surface area contributed by atoms with Crippen LogP contribution in [0.4, 0.5) is 0 Å². The topological polar surface area (TPSA) is 104 Å². The maximum Gasteiger partial charge on any atom is 0.310 e. The maximum absolute atomic E-state index is 11.8. The first-order chi connectivity index (χ1) is 11.0. The van der Waals surface area contributed by atoms with Gasteiger partial charge >= 0.3 is 5.97 Å². The van der Waals surface area contributed by atoms with Crippen LogP contribution in [0.15, 0.2) is 28.9 Å². The van der Waals surface area contributed by atoms with E-state index < -0.39 is 5.97 Å². The Bertz CT molecular complexity index is 759. The summed E-state index contributed by atoms with van der Waals surface area (Å²) in [6.45, 7) is -0.0694. The molecule has 0 aliphatic carbocycles. The highest BCUT2D eigenvalue weighted by atomic mass is 16.5. The van der Waals surface area contributed by atoms with E-state index in [2.05, 4.69) is 0 Å². The van der Waals surface area contributed by atoms with Crippen molar-refractivity contribution in [2.75, 3.05) is 20.2 Å². The van der Waals surface area contributed by atoms with Crippen molar-refractivity contribution in [3.63, 3.8) is 0 Å². The fourth-order valence-corrected chi connectivity index (χ4v) is 2.01. The molecule has 0 saturated heterocycles. The van der Waals surface area contributed by atoms with Gasteiger partial charge in [-0.05, 0) is 12.1 Å². The van der Waals surface area contributed by atoms with E-state index in [4.69, 9.17) is 14.4 Å². The summed E-state index contributed by atoms with van der Waals surface area (Å²) < 4.78 is 10.2. The fraction of sp³-hybridized carbons (Fsp3) is 0.312. The van der Waals surface area contributed by atoms with Gasteiger partial charge in [0.05, 0.1) is 25.2 Å². The summed E-state index contributed by atoms with van der Waals surface area (Å²) in [5.41, 5.74) is 1.09. The highest BCUT2D eigenvalue weighted by molar-refractivity contribution is 5.87. The SMILES string of the molecule is CN(CCC#N)C(=O)COC(=O)Cc1coc2cc(O)ccc12. The minimum absolute atomic E-state index is 0.0348. The first-order valence-electron chi connectivity index (χ1n) is 6.97. The summed E-state index contributed by atoms with van der Waals surface area (Å²) in [5, 5.41) is 18.5. The van der Waals surface area contributed by atoms with Crippen molar-refractivity contribution in [2.45, 2.75) is 12.8 Å². The zero-order valence-electron chi connectivity index (χ0n) is 12.6. The number of benzene rings is 1. The van der Waals surface area contributed by atoms with Gasteiger partial charge in [0.15, 0.2) is 6.61 Å². The molecule has 0 radical (unpaired) electrons. The lowest BCUT2D eigenvalue weighted by Gasteiger charge is -2.15. The van der Waals surface area contributed by atoms with Gasteiger partial charge in [-0.25, -0.2) is 0 Å². The number of rotatable bonds is 6. The van der Waals surface area contributed by atoms with Gasteiger partial charge in [0.1, 0.15) is 11.3 Å². The van der Waals surface area contributed by atoms with Gasteiger partial charge in [-0.1, -0.05) is 0 Å². The van der Waals surface area contributed by atoms with Gasteiger partial charge in [0.25, 0.3) is 5.91 Å². The lowest BCUT2D eigenvalue weighted by atomic mass is 10.1. The van der Waals surface area contributed by atoms with Crippen LogP contribution < -0.4 is 0 Å². The minimum Gasteiger partial charge on any atom is -0.508 e. The predicted molar refractivity (Wildman–Crippen MR) is 80.4 cm³/mol. The van der Waals surface area contributed by atoms with E-state index in [1.165, 1.54) is 23.3 Å². The molecule has 23 heavy (non-hydrogen) atoms. The maximum atomic E-state index is 11.8. The van der Waals surface area contributed by atoms with Crippen LogP contribution in [0.5, 0.6) is 5.75 Å². The Kier molecular flexibility index (Phi) is 5.20. The molecule has 2 rings (SSSR count). The summed E-state index contributed by atoms with van der Waals surface area (Å²) in [4.78, 5) is 24.9. The van der Waals surface area contributed by atoms with Gasteiger partial charge in [-0.2, -0.15) is 5.26 Å². The third-order valence-corrected chi connectivity index (χ3v) is 3.32. The van der Waals surface area contributed by atoms with Crippen LogP contribution in [0.1, 0.15) is 12.0 Å². The number of nitriles is 1. The number of amides is 1. The van der Waals surface area contributed by atoms with Crippen LogP contribution in [-0.2, 0) is 20.7 Å². The highest BCUT2D eigenvalue weighted by Crippen LogP contribution is 2.25. The second-order valence-corrected chi connectivity index (χ2v) is 5.00. The molecule has 0 unspecified atom stereocenters. The number of likely N-dealkylation sites (N-methyl/N-ethyl adjacent to an activating group) is 1. The average Bonchev–Trinajstić information content (AvgIpc) is 2.92. The monoisotopic (exact) mass is 316 g/mol. The first-order valence-corrected chi connectivity index (χ1v) is 6.97. The highest BCUT2D eigenvalue weighted by Gasteiger charge is 2.15. The first kappa shape index (κ1) is 16.4. The summed E-state index contributed by atoms with van der Waals surface area (Å²) in [7, 11) is 1.55. The molecular weight excluding hydrogens is 300 g/mol. The van der Waals surface area contributed by atoms with Crippen molar-refractivity contribution in [2.24, 2.45) is 0 Å². The fourth-order valence-electron chi connectivity index (χ4n) is 2.01. The Morgan fingerprint density at radius 2 is 2.22 bits per heavy atom. The molecule has 1 N–H and O–H groups in total. The van der Waals surface area contributed by atoms with Gasteiger partial charge < -0.3 is 19.2 Å². The molecule has 120 valence electrons. The van der Waals surface area contributed by atoms with Gasteiger partial charge in [0.2, 0.25) is 0 Å². The number of hydrogen-bond acceptors (Lipinski definition) is 6. The number of hydrogen-bond donors (Lipinski definition) is 1. The molecule has 0 aliphatic heterocycles. The number of carbonyl (C=O) groups is 2. The number of esters is 1. The molecule has 0 spiro atoms. The number of nitrogens with zero attached hydrogens (tertiary/aromatic N) is 2. The normalized spacial score (nSPS) is 10.3. The minimum atomic E-state index is -0.553. The van der Waals surface area contributed by atoms with Crippen molar-refractivity contribution >= 4 is 22.8 Å². The average molecular weight is 316 g/mol. The van der Waals surface area contributed by atoms with Gasteiger partial charge in [-0.15, -0.1) is 0 Å². The summed E-state index contributed by atoms with van der Waals surface area (Å²) in [6, 6.07) is 6.55. The molecule has 2 aromatic rings. The predicted octanol–water partition coefficient (Wildman–Crippen LogP) is 1.60. The molecule has 0 atom stereocenters. The number of carbonyl (C=O) groups excluding carboxylic acids is 2. The van der Waals surface area contributed by atoms with E-state index in [0.29, 0.717) is 23.1 Å². The van der Waals surface area contributed by atoms with E-state index in [9.17, 15) is 14.7 Å². The van der Waals surface area contributed by atoms with Crippen LogP contribution in [0.25, 0.3) is 11.0 Å². The second-order valence-electron chi connectivity index (χ2n) is 5.00. The molecule has 0 aliphatic rings. The Morgan fingerprint density at radius 3 is 2.96 bits per heavy atom. The van der Waals surface area contributed by atoms with E-state index >= 15 is 0 Å². The quantitative estimate of drug-likeness (QED) is 0.812.